The predicted octanol–water partition coefficient (Wildman–Crippen LogP) is 2.74. The minimum Gasteiger partial charge on any atom is -0.388 e. The fourth-order valence-corrected chi connectivity index (χ4v) is 3.29. The molecular weight excluding hydrogens is 220 g/mol. The molecule has 4 heteroatoms. The first-order valence-corrected chi connectivity index (χ1v) is 6.83. The van der Waals surface area contributed by atoms with Crippen molar-refractivity contribution in [2.75, 3.05) is 18.0 Å². The van der Waals surface area contributed by atoms with Gasteiger partial charge in [-0.25, -0.2) is 4.98 Å². The van der Waals surface area contributed by atoms with Crippen molar-refractivity contribution in [3.8, 4) is 0 Å². The Labute approximate surface area is 101 Å². The molecule has 1 saturated heterocycles. The highest BCUT2D eigenvalue weighted by Gasteiger charge is 2.24. The number of hydrogen-bond donors (Lipinski definition) is 1. The van der Waals surface area contributed by atoms with Crippen LogP contribution in [0.15, 0.2) is 0 Å². The molecule has 0 aliphatic carbocycles. The molecule has 1 N–H and O–H groups in total. The van der Waals surface area contributed by atoms with Crippen molar-refractivity contribution in [2.24, 2.45) is 5.92 Å². The van der Waals surface area contributed by atoms with Gasteiger partial charge in [0.05, 0.1) is 16.7 Å². The summed E-state index contributed by atoms with van der Waals surface area (Å²) in [6.45, 7) is 8.29. The van der Waals surface area contributed by atoms with E-state index in [1.807, 2.05) is 13.8 Å². The fourth-order valence-electron chi connectivity index (χ4n) is 2.26. The quantitative estimate of drug-likeness (QED) is 0.882. The minimum atomic E-state index is -0.393. The maximum absolute atomic E-state index is 9.61. The Morgan fingerprint density at radius 1 is 1.62 bits per heavy atom. The molecule has 0 spiro atoms. The van der Waals surface area contributed by atoms with Crippen molar-refractivity contribution in [3.05, 3.63) is 10.6 Å². The van der Waals surface area contributed by atoms with E-state index in [4.69, 9.17) is 0 Å². The molecule has 1 aromatic rings. The Bertz CT molecular complexity index is 362. The van der Waals surface area contributed by atoms with Gasteiger partial charge in [-0.1, -0.05) is 24.7 Å². The number of thiazole rings is 1. The lowest BCUT2D eigenvalue weighted by Gasteiger charge is -2.14. The average molecular weight is 240 g/mol. The normalized spacial score (nSPS) is 22.8. The van der Waals surface area contributed by atoms with Gasteiger partial charge >= 0.3 is 0 Å². The van der Waals surface area contributed by atoms with Gasteiger partial charge in [0.25, 0.3) is 0 Å². The number of aryl methyl sites for hydroxylation is 1. The van der Waals surface area contributed by atoms with E-state index >= 15 is 0 Å². The molecule has 1 aliphatic rings. The van der Waals surface area contributed by atoms with Crippen LogP contribution in [0.2, 0.25) is 0 Å². The van der Waals surface area contributed by atoms with Gasteiger partial charge in [-0.3, -0.25) is 0 Å². The van der Waals surface area contributed by atoms with E-state index in [0.717, 1.165) is 34.7 Å². The van der Waals surface area contributed by atoms with Crippen LogP contribution in [0.3, 0.4) is 0 Å². The monoisotopic (exact) mass is 240 g/mol. The van der Waals surface area contributed by atoms with Crippen molar-refractivity contribution < 1.29 is 5.11 Å². The first-order valence-electron chi connectivity index (χ1n) is 6.02. The minimum absolute atomic E-state index is 0.393. The third-order valence-corrected chi connectivity index (χ3v) is 4.72. The summed E-state index contributed by atoms with van der Waals surface area (Å²) in [6.07, 6.45) is 2.14. The van der Waals surface area contributed by atoms with Crippen LogP contribution in [0, 0.1) is 12.8 Å². The van der Waals surface area contributed by atoms with Gasteiger partial charge in [0.2, 0.25) is 0 Å². The third kappa shape index (κ3) is 2.23. The largest absolute Gasteiger partial charge is 0.388 e. The highest BCUT2D eigenvalue weighted by Crippen LogP contribution is 2.33. The second-order valence-electron chi connectivity index (χ2n) is 4.63. The summed E-state index contributed by atoms with van der Waals surface area (Å²) >= 11 is 1.64. The van der Waals surface area contributed by atoms with Crippen LogP contribution in [0.4, 0.5) is 5.13 Å². The average Bonchev–Trinajstić information content (AvgIpc) is 2.83. The van der Waals surface area contributed by atoms with Crippen molar-refractivity contribution in [2.45, 2.75) is 39.7 Å². The fraction of sp³-hybridized carbons (Fsp3) is 0.750. The molecule has 1 aliphatic heterocycles. The van der Waals surface area contributed by atoms with Crippen LogP contribution in [0.25, 0.3) is 0 Å². The van der Waals surface area contributed by atoms with E-state index < -0.39 is 6.10 Å². The molecule has 1 aromatic heterocycles. The molecule has 2 rings (SSSR count). The molecule has 0 saturated carbocycles. The van der Waals surface area contributed by atoms with E-state index in [2.05, 4.69) is 16.8 Å². The number of anilines is 1. The molecule has 0 radical (unpaired) electrons. The summed E-state index contributed by atoms with van der Waals surface area (Å²) in [6, 6.07) is 0. The summed E-state index contributed by atoms with van der Waals surface area (Å²) in [7, 11) is 0. The van der Waals surface area contributed by atoms with Crippen LogP contribution in [0.5, 0.6) is 0 Å². The van der Waals surface area contributed by atoms with Gasteiger partial charge < -0.3 is 10.0 Å². The molecule has 2 atom stereocenters. The lowest BCUT2D eigenvalue weighted by Crippen LogP contribution is -2.19. The van der Waals surface area contributed by atoms with Gasteiger partial charge in [0.1, 0.15) is 0 Å². The number of aliphatic hydroxyl groups is 1. The first-order chi connectivity index (χ1) is 7.61. The lowest BCUT2D eigenvalue weighted by atomic mass is 10.1. The topological polar surface area (TPSA) is 36.4 Å². The Balaban J connectivity index is 2.13. The molecule has 2 heterocycles. The third-order valence-electron chi connectivity index (χ3n) is 3.33. The van der Waals surface area contributed by atoms with E-state index in [-0.39, 0.29) is 0 Å². The number of nitrogens with zero attached hydrogens (tertiary/aromatic N) is 2. The van der Waals surface area contributed by atoms with Crippen molar-refractivity contribution in [1.82, 2.24) is 4.98 Å². The number of rotatable bonds is 3. The number of aliphatic hydroxyl groups excluding tert-OH is 1. The smallest absolute Gasteiger partial charge is 0.185 e. The molecule has 0 bridgehead atoms. The van der Waals surface area contributed by atoms with Crippen molar-refractivity contribution >= 4 is 16.5 Å². The van der Waals surface area contributed by atoms with E-state index in [1.165, 1.54) is 12.8 Å². The summed E-state index contributed by atoms with van der Waals surface area (Å²) in [5.74, 6) is 0.819. The molecular formula is C12H20N2OS. The van der Waals surface area contributed by atoms with E-state index in [9.17, 15) is 5.11 Å². The Morgan fingerprint density at radius 2 is 2.38 bits per heavy atom. The van der Waals surface area contributed by atoms with Gasteiger partial charge in [-0.05, 0) is 26.2 Å². The summed E-state index contributed by atoms with van der Waals surface area (Å²) in [5.41, 5.74) is 0.981. The number of aromatic nitrogens is 1. The summed E-state index contributed by atoms with van der Waals surface area (Å²) in [5, 5.41) is 10.7. The second kappa shape index (κ2) is 4.72. The molecule has 1 fully saturated rings. The van der Waals surface area contributed by atoms with Crippen LogP contribution in [-0.4, -0.2) is 23.2 Å². The second-order valence-corrected chi connectivity index (χ2v) is 5.64. The maximum atomic E-state index is 9.61. The van der Waals surface area contributed by atoms with Gasteiger partial charge in [-0.2, -0.15) is 0 Å². The van der Waals surface area contributed by atoms with Crippen LogP contribution in [-0.2, 0) is 0 Å². The van der Waals surface area contributed by atoms with Crippen LogP contribution in [0.1, 0.15) is 43.4 Å². The Morgan fingerprint density at radius 3 is 2.88 bits per heavy atom. The van der Waals surface area contributed by atoms with Crippen LogP contribution >= 0.6 is 11.3 Å². The highest BCUT2D eigenvalue weighted by molar-refractivity contribution is 7.15. The summed E-state index contributed by atoms with van der Waals surface area (Å²) < 4.78 is 0. The molecule has 0 aromatic carbocycles. The molecule has 0 amide bonds. The van der Waals surface area contributed by atoms with E-state index in [1.54, 1.807) is 11.3 Å². The standard InChI is InChI=1S/C12H20N2OS/c1-4-10-5-6-14(7-10)12-13-8(2)11(16-12)9(3)15/h9-10,15H,4-7H2,1-3H3. The zero-order chi connectivity index (χ0) is 11.7. The molecule has 16 heavy (non-hydrogen) atoms. The summed E-state index contributed by atoms with van der Waals surface area (Å²) in [4.78, 5) is 7.94. The highest BCUT2D eigenvalue weighted by atomic mass is 32.1. The first kappa shape index (κ1) is 11.9. The van der Waals surface area contributed by atoms with Crippen molar-refractivity contribution in [3.63, 3.8) is 0 Å². The van der Waals surface area contributed by atoms with Gasteiger partial charge in [-0.15, -0.1) is 0 Å². The van der Waals surface area contributed by atoms with E-state index in [0.29, 0.717) is 0 Å². The molecule has 2 unspecified atom stereocenters. The Kier molecular flexibility index (Phi) is 3.50. The lowest BCUT2D eigenvalue weighted by molar-refractivity contribution is 0.202. The van der Waals surface area contributed by atoms with Crippen LogP contribution < -0.4 is 4.90 Å². The maximum Gasteiger partial charge on any atom is 0.185 e. The predicted molar refractivity (Wildman–Crippen MR) is 68.1 cm³/mol. The Hall–Kier alpha value is -0.610. The zero-order valence-corrected chi connectivity index (χ0v) is 11.0. The van der Waals surface area contributed by atoms with Gasteiger partial charge in [0, 0.05) is 13.1 Å². The zero-order valence-electron chi connectivity index (χ0n) is 10.2. The van der Waals surface area contributed by atoms with Crippen molar-refractivity contribution in [1.29, 1.82) is 0 Å². The van der Waals surface area contributed by atoms with Gasteiger partial charge in [0.15, 0.2) is 5.13 Å². The molecule has 3 nitrogen and oxygen atoms in total. The number of hydrogen-bond acceptors (Lipinski definition) is 4. The molecule has 90 valence electrons. The SMILES string of the molecule is CCC1CCN(c2nc(C)c(C(C)O)s2)C1.